The van der Waals surface area contributed by atoms with Crippen molar-refractivity contribution < 1.29 is 18.7 Å². The van der Waals surface area contributed by atoms with Crippen LogP contribution >= 0.6 is 0 Å². The molecule has 0 radical (unpaired) electrons. The van der Waals surface area contributed by atoms with Gasteiger partial charge in [-0.1, -0.05) is 0 Å². The first-order valence-corrected chi connectivity index (χ1v) is 6.13. The molecule has 0 aliphatic carbocycles. The second-order valence-corrected chi connectivity index (χ2v) is 4.60. The first-order chi connectivity index (χ1) is 8.58. The number of benzene rings is 1. The maximum absolute atomic E-state index is 13.4. The van der Waals surface area contributed by atoms with Gasteiger partial charge in [-0.05, 0) is 44.4 Å². The van der Waals surface area contributed by atoms with Gasteiger partial charge in [-0.3, -0.25) is 4.79 Å². The first-order valence-electron chi connectivity index (χ1n) is 6.13. The zero-order chi connectivity index (χ0) is 13.1. The summed E-state index contributed by atoms with van der Waals surface area (Å²) in [6.45, 7) is 4.22. The minimum absolute atomic E-state index is 0.0789. The summed E-state index contributed by atoms with van der Waals surface area (Å²) < 4.78 is 24.5. The predicted octanol–water partition coefficient (Wildman–Crippen LogP) is 2.89. The molecule has 1 unspecified atom stereocenters. The van der Waals surface area contributed by atoms with E-state index in [4.69, 9.17) is 9.47 Å². The highest BCUT2D eigenvalue weighted by atomic mass is 19.1. The molecule has 1 atom stereocenters. The fraction of sp³-hybridized carbons (Fsp3) is 0.500. The normalized spacial score (nSPS) is 18.9. The molecule has 18 heavy (non-hydrogen) atoms. The highest BCUT2D eigenvalue weighted by molar-refractivity contribution is 5.96. The lowest BCUT2D eigenvalue weighted by molar-refractivity contribution is 0.0672. The lowest BCUT2D eigenvalue weighted by atomic mass is 10.1. The fourth-order valence-electron chi connectivity index (χ4n) is 2.01. The van der Waals surface area contributed by atoms with Gasteiger partial charge in [0.25, 0.3) is 0 Å². The van der Waals surface area contributed by atoms with Crippen LogP contribution in [0.4, 0.5) is 4.39 Å². The smallest absolute Gasteiger partial charge is 0.163 e. The molecule has 1 saturated heterocycles. The molecular weight excluding hydrogens is 235 g/mol. The van der Waals surface area contributed by atoms with Gasteiger partial charge < -0.3 is 9.47 Å². The van der Waals surface area contributed by atoms with Gasteiger partial charge in [-0.2, -0.15) is 0 Å². The van der Waals surface area contributed by atoms with Crippen molar-refractivity contribution in [2.24, 2.45) is 0 Å². The third kappa shape index (κ3) is 2.88. The highest BCUT2D eigenvalue weighted by Crippen LogP contribution is 2.24. The van der Waals surface area contributed by atoms with Crippen molar-refractivity contribution in [1.82, 2.24) is 0 Å². The van der Waals surface area contributed by atoms with Crippen LogP contribution in [0.3, 0.4) is 0 Å². The van der Waals surface area contributed by atoms with Crippen LogP contribution < -0.4 is 4.74 Å². The quantitative estimate of drug-likeness (QED) is 0.773. The van der Waals surface area contributed by atoms with Gasteiger partial charge in [0.2, 0.25) is 0 Å². The summed E-state index contributed by atoms with van der Waals surface area (Å²) in [6, 6.07) is 2.81. The Morgan fingerprint density at radius 3 is 2.94 bits per heavy atom. The van der Waals surface area contributed by atoms with Crippen molar-refractivity contribution in [2.45, 2.75) is 32.8 Å². The molecule has 1 aromatic carbocycles. The van der Waals surface area contributed by atoms with E-state index in [0.717, 1.165) is 19.4 Å². The molecule has 0 N–H and O–H groups in total. The Morgan fingerprint density at radius 2 is 2.33 bits per heavy atom. The van der Waals surface area contributed by atoms with E-state index in [-0.39, 0.29) is 23.3 Å². The van der Waals surface area contributed by atoms with E-state index in [1.54, 1.807) is 13.0 Å². The summed E-state index contributed by atoms with van der Waals surface area (Å²) in [5, 5.41) is 0. The third-order valence-corrected chi connectivity index (χ3v) is 3.09. The monoisotopic (exact) mass is 252 g/mol. The highest BCUT2D eigenvalue weighted by Gasteiger charge is 2.18. The standard InChI is InChI=1S/C14H17FO3/c1-9-6-14(12(10(2)16)7-13(9)15)18-8-11-4-3-5-17-11/h6-7,11H,3-5,8H2,1-2H3. The van der Waals surface area contributed by atoms with E-state index in [2.05, 4.69) is 0 Å². The molecule has 1 aliphatic rings. The maximum atomic E-state index is 13.4. The Bertz CT molecular complexity index is 451. The van der Waals surface area contributed by atoms with Crippen molar-refractivity contribution in [3.63, 3.8) is 0 Å². The largest absolute Gasteiger partial charge is 0.490 e. The Morgan fingerprint density at radius 1 is 1.56 bits per heavy atom. The molecule has 3 nitrogen and oxygen atoms in total. The van der Waals surface area contributed by atoms with Crippen LogP contribution in [0.15, 0.2) is 12.1 Å². The van der Waals surface area contributed by atoms with Crippen LogP contribution in [0.1, 0.15) is 35.7 Å². The minimum Gasteiger partial charge on any atom is -0.490 e. The van der Waals surface area contributed by atoms with Crippen LogP contribution in [-0.4, -0.2) is 25.1 Å². The SMILES string of the molecule is CC(=O)c1cc(F)c(C)cc1OCC1CCCO1. The van der Waals surface area contributed by atoms with Gasteiger partial charge in [0, 0.05) is 6.61 Å². The molecular formula is C14H17FO3. The average molecular weight is 252 g/mol. The van der Waals surface area contributed by atoms with E-state index < -0.39 is 0 Å². The van der Waals surface area contributed by atoms with Crippen LogP contribution in [0.5, 0.6) is 5.75 Å². The molecule has 1 heterocycles. The third-order valence-electron chi connectivity index (χ3n) is 3.09. The number of carbonyl (C=O) groups is 1. The number of ketones is 1. The summed E-state index contributed by atoms with van der Waals surface area (Å²) in [5.41, 5.74) is 0.762. The van der Waals surface area contributed by atoms with Crippen molar-refractivity contribution in [2.75, 3.05) is 13.2 Å². The van der Waals surface area contributed by atoms with Crippen LogP contribution in [0.2, 0.25) is 0 Å². The van der Waals surface area contributed by atoms with Gasteiger partial charge in [-0.15, -0.1) is 0 Å². The molecule has 0 amide bonds. The van der Waals surface area contributed by atoms with Gasteiger partial charge in [0.05, 0.1) is 11.7 Å². The topological polar surface area (TPSA) is 35.5 Å². The van der Waals surface area contributed by atoms with Crippen molar-refractivity contribution in [3.05, 3.63) is 29.1 Å². The van der Waals surface area contributed by atoms with E-state index in [9.17, 15) is 9.18 Å². The van der Waals surface area contributed by atoms with Gasteiger partial charge >= 0.3 is 0 Å². The molecule has 4 heteroatoms. The van der Waals surface area contributed by atoms with E-state index in [0.29, 0.717) is 17.9 Å². The Hall–Kier alpha value is -1.42. The average Bonchev–Trinajstić information content (AvgIpc) is 2.83. The summed E-state index contributed by atoms with van der Waals surface area (Å²) in [5.74, 6) is -0.141. The molecule has 0 spiro atoms. The summed E-state index contributed by atoms with van der Waals surface area (Å²) in [6.07, 6.45) is 2.08. The Balaban J connectivity index is 2.14. The van der Waals surface area contributed by atoms with Gasteiger partial charge in [0.15, 0.2) is 5.78 Å². The Kier molecular flexibility index (Phi) is 3.97. The van der Waals surface area contributed by atoms with E-state index in [1.165, 1.54) is 13.0 Å². The van der Waals surface area contributed by atoms with Crippen LogP contribution in [-0.2, 0) is 4.74 Å². The molecule has 2 rings (SSSR count). The number of hydrogen-bond donors (Lipinski definition) is 0. The number of halogens is 1. The molecule has 0 bridgehead atoms. The number of hydrogen-bond acceptors (Lipinski definition) is 3. The molecule has 0 aromatic heterocycles. The number of ether oxygens (including phenoxy) is 2. The lowest BCUT2D eigenvalue weighted by Crippen LogP contribution is -2.17. The molecule has 0 saturated carbocycles. The van der Waals surface area contributed by atoms with Gasteiger partial charge in [0.1, 0.15) is 18.2 Å². The number of aryl methyl sites for hydroxylation is 1. The maximum Gasteiger partial charge on any atom is 0.163 e. The van der Waals surface area contributed by atoms with Crippen molar-refractivity contribution >= 4 is 5.78 Å². The van der Waals surface area contributed by atoms with Crippen molar-refractivity contribution in [3.8, 4) is 5.75 Å². The number of rotatable bonds is 4. The summed E-state index contributed by atoms with van der Waals surface area (Å²) in [4.78, 5) is 11.4. The molecule has 1 aliphatic heterocycles. The first kappa shape index (κ1) is 13.0. The second kappa shape index (κ2) is 5.48. The van der Waals surface area contributed by atoms with Gasteiger partial charge in [-0.25, -0.2) is 4.39 Å². The molecule has 1 aromatic rings. The zero-order valence-corrected chi connectivity index (χ0v) is 10.7. The van der Waals surface area contributed by atoms with Crippen LogP contribution in [0, 0.1) is 12.7 Å². The number of Topliss-reactive ketones (excluding diaryl/α,β-unsaturated/α-hetero) is 1. The predicted molar refractivity (Wildman–Crippen MR) is 65.6 cm³/mol. The van der Waals surface area contributed by atoms with E-state index in [1.807, 2.05) is 0 Å². The molecule has 1 fully saturated rings. The minimum atomic E-state index is -0.385. The Labute approximate surface area is 106 Å². The summed E-state index contributed by atoms with van der Waals surface area (Å²) in [7, 11) is 0. The number of carbonyl (C=O) groups excluding carboxylic acids is 1. The second-order valence-electron chi connectivity index (χ2n) is 4.60. The lowest BCUT2D eigenvalue weighted by Gasteiger charge is -2.14. The fourth-order valence-corrected chi connectivity index (χ4v) is 2.01. The van der Waals surface area contributed by atoms with Crippen LogP contribution in [0.25, 0.3) is 0 Å². The summed E-state index contributed by atoms with van der Waals surface area (Å²) >= 11 is 0. The zero-order valence-electron chi connectivity index (χ0n) is 10.7. The van der Waals surface area contributed by atoms with E-state index >= 15 is 0 Å². The molecule has 98 valence electrons. The van der Waals surface area contributed by atoms with Crippen molar-refractivity contribution in [1.29, 1.82) is 0 Å².